The number of benzene rings is 2. The van der Waals surface area contributed by atoms with Crippen molar-refractivity contribution < 1.29 is 18.3 Å². The first kappa shape index (κ1) is 22.7. The van der Waals surface area contributed by atoms with E-state index in [-0.39, 0.29) is 5.56 Å². The number of sulfonamides is 1. The SMILES string of the molecule is O=C(O)c1cnc(N2CCN(C3CCN(S(=O)(=O)c4ccc5ccccc5c4)CC3)CC2)nc1. The lowest BCUT2D eigenvalue weighted by Crippen LogP contribution is -2.54. The van der Waals surface area contributed by atoms with Crippen LogP contribution in [0.4, 0.5) is 5.95 Å². The molecule has 2 aliphatic heterocycles. The van der Waals surface area contributed by atoms with Crippen LogP contribution in [0.2, 0.25) is 0 Å². The van der Waals surface area contributed by atoms with Crippen molar-refractivity contribution in [3.05, 3.63) is 60.4 Å². The largest absolute Gasteiger partial charge is 0.478 e. The third-order valence-corrected chi connectivity index (χ3v) is 8.68. The Hall–Kier alpha value is -3.08. The van der Waals surface area contributed by atoms with Gasteiger partial charge in [0.15, 0.2) is 0 Å². The normalized spacial score (nSPS) is 18.9. The lowest BCUT2D eigenvalue weighted by Gasteiger charge is -2.42. The number of carbonyl (C=O) groups is 1. The Kier molecular flexibility index (Phi) is 6.20. The quantitative estimate of drug-likeness (QED) is 0.592. The van der Waals surface area contributed by atoms with E-state index in [1.54, 1.807) is 16.4 Å². The van der Waals surface area contributed by atoms with Crippen molar-refractivity contribution in [1.82, 2.24) is 19.2 Å². The van der Waals surface area contributed by atoms with Crippen LogP contribution in [0.25, 0.3) is 10.8 Å². The highest BCUT2D eigenvalue weighted by Gasteiger charge is 2.33. The molecule has 0 unspecified atom stereocenters. The number of aromatic carboxylic acids is 1. The van der Waals surface area contributed by atoms with Crippen molar-refractivity contribution in [3.63, 3.8) is 0 Å². The number of carboxylic acids is 1. The molecule has 3 aromatic rings. The minimum Gasteiger partial charge on any atom is -0.478 e. The summed E-state index contributed by atoms with van der Waals surface area (Å²) in [6.45, 7) is 4.21. The van der Waals surface area contributed by atoms with Gasteiger partial charge in [-0.2, -0.15) is 4.31 Å². The zero-order valence-electron chi connectivity index (χ0n) is 18.7. The van der Waals surface area contributed by atoms with Crippen LogP contribution in [0.5, 0.6) is 0 Å². The summed E-state index contributed by atoms with van der Waals surface area (Å²) in [6, 6.07) is 13.5. The van der Waals surface area contributed by atoms with Crippen LogP contribution in [0.3, 0.4) is 0 Å². The van der Waals surface area contributed by atoms with Gasteiger partial charge in [0.05, 0.1) is 10.5 Å². The second kappa shape index (κ2) is 9.28. The highest BCUT2D eigenvalue weighted by Crippen LogP contribution is 2.26. The molecule has 2 fully saturated rings. The van der Waals surface area contributed by atoms with Gasteiger partial charge in [0.2, 0.25) is 16.0 Å². The molecule has 9 nitrogen and oxygen atoms in total. The molecule has 10 heteroatoms. The van der Waals surface area contributed by atoms with Crippen molar-refractivity contribution in [1.29, 1.82) is 0 Å². The van der Waals surface area contributed by atoms with Crippen LogP contribution in [0.15, 0.2) is 59.8 Å². The van der Waals surface area contributed by atoms with E-state index in [4.69, 9.17) is 5.11 Å². The van der Waals surface area contributed by atoms with Crippen LogP contribution >= 0.6 is 0 Å². The van der Waals surface area contributed by atoms with Gasteiger partial charge in [0.1, 0.15) is 0 Å². The number of nitrogens with zero attached hydrogens (tertiary/aromatic N) is 5. The molecule has 5 rings (SSSR count). The van der Waals surface area contributed by atoms with Crippen molar-refractivity contribution in [3.8, 4) is 0 Å². The number of carboxylic acid groups (broad SMARTS) is 1. The van der Waals surface area contributed by atoms with Crippen molar-refractivity contribution in [2.45, 2.75) is 23.8 Å². The molecule has 0 saturated carbocycles. The molecule has 3 heterocycles. The molecule has 0 radical (unpaired) electrons. The average molecular weight is 482 g/mol. The molecule has 2 aliphatic rings. The summed E-state index contributed by atoms with van der Waals surface area (Å²) in [4.78, 5) is 24.2. The zero-order chi connectivity index (χ0) is 23.7. The first-order valence-electron chi connectivity index (χ1n) is 11.4. The van der Waals surface area contributed by atoms with E-state index in [1.165, 1.54) is 12.4 Å². The van der Waals surface area contributed by atoms with E-state index in [0.717, 1.165) is 49.8 Å². The molecular formula is C24H27N5O4S. The Morgan fingerprint density at radius 3 is 2.18 bits per heavy atom. The number of hydrogen-bond acceptors (Lipinski definition) is 7. The monoisotopic (exact) mass is 481 g/mol. The Balaban J connectivity index is 1.17. The topological polar surface area (TPSA) is 107 Å². The standard InChI is InChI=1S/C24H27N5O4S/c30-23(31)20-16-25-24(26-17-20)28-13-11-27(12-14-28)21-7-9-29(10-8-21)34(32,33)22-6-5-18-3-1-2-4-19(18)15-22/h1-6,15-17,21H,7-14H2,(H,30,31). The first-order chi connectivity index (χ1) is 16.4. The smallest absolute Gasteiger partial charge is 0.338 e. The molecule has 34 heavy (non-hydrogen) atoms. The van der Waals surface area contributed by atoms with E-state index in [0.29, 0.717) is 30.0 Å². The molecule has 2 aromatic carbocycles. The summed E-state index contributed by atoms with van der Waals surface area (Å²) in [6.07, 6.45) is 4.28. The van der Waals surface area contributed by atoms with E-state index in [9.17, 15) is 13.2 Å². The van der Waals surface area contributed by atoms with E-state index in [1.807, 2.05) is 30.3 Å². The molecular weight excluding hydrogens is 454 g/mol. The lowest BCUT2D eigenvalue weighted by molar-refractivity contribution is 0.0696. The number of piperidine rings is 1. The molecule has 0 aliphatic carbocycles. The second-order valence-corrected chi connectivity index (χ2v) is 10.7. The summed E-state index contributed by atoms with van der Waals surface area (Å²) >= 11 is 0. The molecule has 1 aromatic heterocycles. The van der Waals surface area contributed by atoms with Gasteiger partial charge in [0.25, 0.3) is 0 Å². The molecule has 0 atom stereocenters. The van der Waals surface area contributed by atoms with Crippen LogP contribution < -0.4 is 4.90 Å². The Labute approximate surface area is 198 Å². The molecule has 178 valence electrons. The number of hydrogen-bond donors (Lipinski definition) is 1. The van der Waals surface area contributed by atoms with Gasteiger partial charge in [-0.25, -0.2) is 23.2 Å². The van der Waals surface area contributed by atoms with Gasteiger partial charge in [-0.15, -0.1) is 0 Å². The fourth-order valence-corrected chi connectivity index (χ4v) is 6.31. The van der Waals surface area contributed by atoms with Crippen LogP contribution in [-0.2, 0) is 10.0 Å². The Bertz CT molecular complexity index is 1280. The highest BCUT2D eigenvalue weighted by atomic mass is 32.2. The summed E-state index contributed by atoms with van der Waals surface area (Å²) in [5.41, 5.74) is 0.0767. The van der Waals surface area contributed by atoms with Crippen LogP contribution in [0.1, 0.15) is 23.2 Å². The van der Waals surface area contributed by atoms with Gasteiger partial charge in [-0.05, 0) is 35.7 Å². The molecule has 0 bridgehead atoms. The van der Waals surface area contributed by atoms with E-state index in [2.05, 4.69) is 19.8 Å². The fourth-order valence-electron chi connectivity index (χ4n) is 4.81. The zero-order valence-corrected chi connectivity index (χ0v) is 19.6. The van der Waals surface area contributed by atoms with Crippen molar-refractivity contribution in [2.24, 2.45) is 0 Å². The average Bonchev–Trinajstić information content (AvgIpc) is 2.88. The van der Waals surface area contributed by atoms with Gasteiger partial charge in [-0.1, -0.05) is 30.3 Å². The maximum atomic E-state index is 13.2. The van der Waals surface area contributed by atoms with Crippen molar-refractivity contribution in [2.75, 3.05) is 44.2 Å². The second-order valence-electron chi connectivity index (χ2n) is 8.74. The third kappa shape index (κ3) is 4.48. The minimum absolute atomic E-state index is 0.0767. The van der Waals surface area contributed by atoms with Gasteiger partial charge in [0, 0.05) is 57.7 Å². The molecule has 0 spiro atoms. The number of fused-ring (bicyclic) bond motifs is 1. The maximum Gasteiger partial charge on any atom is 0.338 e. The first-order valence-corrected chi connectivity index (χ1v) is 12.9. The number of aromatic nitrogens is 2. The van der Waals surface area contributed by atoms with Gasteiger partial charge in [-0.3, -0.25) is 4.90 Å². The summed E-state index contributed by atoms with van der Waals surface area (Å²) in [5.74, 6) is -0.494. The molecule has 0 amide bonds. The third-order valence-electron chi connectivity index (χ3n) is 6.78. The predicted molar refractivity (Wildman–Crippen MR) is 129 cm³/mol. The lowest BCUT2D eigenvalue weighted by atomic mass is 10.0. The van der Waals surface area contributed by atoms with E-state index >= 15 is 0 Å². The van der Waals surface area contributed by atoms with Crippen LogP contribution in [0, 0.1) is 0 Å². The van der Waals surface area contributed by atoms with Gasteiger partial charge < -0.3 is 10.0 Å². The molecule has 1 N–H and O–H groups in total. The molecule has 2 saturated heterocycles. The summed E-state index contributed by atoms with van der Waals surface area (Å²) in [7, 11) is -3.51. The Morgan fingerprint density at radius 1 is 0.882 bits per heavy atom. The number of anilines is 1. The van der Waals surface area contributed by atoms with Gasteiger partial charge >= 0.3 is 5.97 Å². The number of rotatable bonds is 5. The predicted octanol–water partition coefficient (Wildman–Crippen LogP) is 2.30. The fraction of sp³-hybridized carbons (Fsp3) is 0.375. The van der Waals surface area contributed by atoms with Crippen LogP contribution in [-0.4, -0.2) is 84.0 Å². The minimum atomic E-state index is -3.51. The summed E-state index contributed by atoms with van der Waals surface area (Å²) < 4.78 is 28.1. The maximum absolute atomic E-state index is 13.2. The Morgan fingerprint density at radius 2 is 1.53 bits per heavy atom. The van der Waals surface area contributed by atoms with E-state index < -0.39 is 16.0 Å². The summed E-state index contributed by atoms with van der Waals surface area (Å²) in [5, 5.41) is 11.0. The highest BCUT2D eigenvalue weighted by molar-refractivity contribution is 7.89. The van der Waals surface area contributed by atoms with Crippen molar-refractivity contribution >= 4 is 32.7 Å². The number of piperazine rings is 1.